The molecule has 4 rings (SSSR count). The zero-order chi connectivity index (χ0) is 15.1. The summed E-state index contributed by atoms with van der Waals surface area (Å²) < 4.78 is 4.97. The molecule has 0 unspecified atom stereocenters. The normalized spacial score (nSPS) is 16.8. The van der Waals surface area contributed by atoms with Crippen molar-refractivity contribution in [1.82, 2.24) is 5.16 Å². The molecule has 0 bridgehead atoms. The van der Waals surface area contributed by atoms with E-state index in [1.165, 1.54) is 11.3 Å². The molecule has 3 aromatic rings. The number of benzene rings is 2. The van der Waals surface area contributed by atoms with Crippen LogP contribution in [0.3, 0.4) is 0 Å². The predicted molar refractivity (Wildman–Crippen MR) is 92.3 cm³/mol. The molecule has 0 amide bonds. The Morgan fingerprint density at radius 3 is 3.09 bits per heavy atom. The van der Waals surface area contributed by atoms with E-state index in [1.54, 1.807) is 6.26 Å². The van der Waals surface area contributed by atoms with Gasteiger partial charge >= 0.3 is 0 Å². The molecule has 2 aromatic carbocycles. The van der Waals surface area contributed by atoms with Crippen LogP contribution in [0.15, 0.2) is 53.3 Å². The summed E-state index contributed by atoms with van der Waals surface area (Å²) in [6.45, 7) is 2.19. The molecule has 110 valence electrons. The Hall–Kier alpha value is -2.40. The number of hydrogen-bond donors (Lipinski definition) is 1. The molecule has 4 nitrogen and oxygen atoms in total. The summed E-state index contributed by atoms with van der Waals surface area (Å²) in [6.07, 6.45) is 2.65. The second-order valence-electron chi connectivity index (χ2n) is 5.57. The van der Waals surface area contributed by atoms with Crippen LogP contribution in [0.4, 0.5) is 11.4 Å². The molecule has 0 aliphatic carbocycles. The standard InChI is InChI=1S/C17H15N3OS/c1-11-8-12-4-2-3-5-16(12)20(11)17(22)18-14-7-6-13-10-21-19-15(13)9-14/h2-7,9-11H,8H2,1H3,(H,18,22)/t11-/m1/s1. The third-order valence-electron chi connectivity index (χ3n) is 4.04. The van der Waals surface area contributed by atoms with Crippen LogP contribution in [0.2, 0.25) is 0 Å². The summed E-state index contributed by atoms with van der Waals surface area (Å²) in [7, 11) is 0. The first-order valence-electron chi connectivity index (χ1n) is 7.24. The van der Waals surface area contributed by atoms with Crippen LogP contribution < -0.4 is 10.2 Å². The Morgan fingerprint density at radius 1 is 1.32 bits per heavy atom. The lowest BCUT2D eigenvalue weighted by molar-refractivity contribution is 0.428. The maximum absolute atomic E-state index is 5.62. The minimum Gasteiger partial charge on any atom is -0.364 e. The average Bonchev–Trinajstić information content (AvgIpc) is 3.09. The molecule has 0 spiro atoms. The molecular formula is C17H15N3OS. The summed E-state index contributed by atoms with van der Waals surface area (Å²) >= 11 is 5.62. The van der Waals surface area contributed by atoms with Gasteiger partial charge in [0, 0.05) is 22.8 Å². The van der Waals surface area contributed by atoms with Gasteiger partial charge in [0.05, 0.1) is 0 Å². The Balaban J connectivity index is 1.62. The number of hydrogen-bond acceptors (Lipinski definition) is 3. The number of anilines is 2. The molecule has 0 fully saturated rings. The Labute approximate surface area is 133 Å². The Bertz CT molecular complexity index is 858. The van der Waals surface area contributed by atoms with Crippen molar-refractivity contribution in [3.8, 4) is 0 Å². The second kappa shape index (κ2) is 5.10. The van der Waals surface area contributed by atoms with Gasteiger partial charge in [-0.3, -0.25) is 0 Å². The molecule has 0 saturated carbocycles. The summed E-state index contributed by atoms with van der Waals surface area (Å²) in [5, 5.41) is 8.97. The van der Waals surface area contributed by atoms with Crippen LogP contribution in [0.5, 0.6) is 0 Å². The number of nitrogens with one attached hydrogen (secondary N) is 1. The highest BCUT2D eigenvalue weighted by Crippen LogP contribution is 2.32. The van der Waals surface area contributed by atoms with Crippen molar-refractivity contribution in [3.63, 3.8) is 0 Å². The van der Waals surface area contributed by atoms with Crippen LogP contribution in [0.1, 0.15) is 12.5 Å². The van der Waals surface area contributed by atoms with Crippen LogP contribution in [-0.4, -0.2) is 16.3 Å². The van der Waals surface area contributed by atoms with E-state index < -0.39 is 0 Å². The molecule has 2 heterocycles. The molecule has 5 heteroatoms. The topological polar surface area (TPSA) is 41.3 Å². The van der Waals surface area contributed by atoms with Crippen molar-refractivity contribution in [2.75, 3.05) is 10.2 Å². The molecule has 1 atom stereocenters. The number of fused-ring (bicyclic) bond motifs is 2. The van der Waals surface area contributed by atoms with Crippen LogP contribution in [0.25, 0.3) is 10.9 Å². The van der Waals surface area contributed by atoms with Gasteiger partial charge in [-0.05, 0) is 55.4 Å². The summed E-state index contributed by atoms with van der Waals surface area (Å²) in [4.78, 5) is 2.18. The second-order valence-corrected chi connectivity index (χ2v) is 5.96. The van der Waals surface area contributed by atoms with Gasteiger partial charge in [-0.15, -0.1) is 0 Å². The number of nitrogens with zero attached hydrogens (tertiary/aromatic N) is 2. The van der Waals surface area contributed by atoms with Gasteiger partial charge < -0.3 is 14.7 Å². The molecule has 0 saturated heterocycles. The quantitative estimate of drug-likeness (QED) is 0.689. The van der Waals surface area contributed by atoms with E-state index in [0.29, 0.717) is 11.2 Å². The highest BCUT2D eigenvalue weighted by atomic mass is 32.1. The van der Waals surface area contributed by atoms with Gasteiger partial charge in [-0.25, -0.2) is 0 Å². The van der Waals surface area contributed by atoms with Crippen molar-refractivity contribution < 1.29 is 4.52 Å². The van der Waals surface area contributed by atoms with Gasteiger partial charge in [0.25, 0.3) is 0 Å². The third kappa shape index (κ3) is 2.14. The van der Waals surface area contributed by atoms with Crippen molar-refractivity contribution >= 4 is 39.6 Å². The molecule has 1 N–H and O–H groups in total. The smallest absolute Gasteiger partial charge is 0.178 e. The van der Waals surface area contributed by atoms with E-state index in [2.05, 4.69) is 40.5 Å². The third-order valence-corrected chi connectivity index (χ3v) is 4.34. The lowest BCUT2D eigenvalue weighted by Gasteiger charge is -2.26. The molecule has 1 aromatic heterocycles. The molecular weight excluding hydrogens is 294 g/mol. The van der Waals surface area contributed by atoms with Gasteiger partial charge in [0.2, 0.25) is 0 Å². The van der Waals surface area contributed by atoms with Crippen molar-refractivity contribution in [2.45, 2.75) is 19.4 Å². The van der Waals surface area contributed by atoms with E-state index in [1.807, 2.05) is 24.3 Å². The summed E-state index contributed by atoms with van der Waals surface area (Å²) in [6, 6.07) is 14.7. The van der Waals surface area contributed by atoms with Crippen molar-refractivity contribution in [3.05, 3.63) is 54.3 Å². The van der Waals surface area contributed by atoms with Crippen LogP contribution in [0, 0.1) is 0 Å². The summed E-state index contributed by atoms with van der Waals surface area (Å²) in [5.41, 5.74) is 4.27. The minimum atomic E-state index is 0.355. The first-order chi connectivity index (χ1) is 10.7. The summed E-state index contributed by atoms with van der Waals surface area (Å²) in [5.74, 6) is 0. The van der Waals surface area contributed by atoms with Gasteiger partial charge in [-0.2, -0.15) is 0 Å². The zero-order valence-corrected chi connectivity index (χ0v) is 12.9. The first-order valence-corrected chi connectivity index (χ1v) is 7.65. The highest BCUT2D eigenvalue weighted by Gasteiger charge is 2.28. The van der Waals surface area contributed by atoms with E-state index in [4.69, 9.17) is 16.7 Å². The van der Waals surface area contributed by atoms with Gasteiger partial charge in [-0.1, -0.05) is 23.4 Å². The number of aromatic nitrogens is 1. The highest BCUT2D eigenvalue weighted by molar-refractivity contribution is 7.80. The average molecular weight is 309 g/mol. The Morgan fingerprint density at radius 2 is 2.18 bits per heavy atom. The maximum Gasteiger partial charge on any atom is 0.178 e. The lowest BCUT2D eigenvalue weighted by Crippen LogP contribution is -2.38. The molecule has 1 aliphatic heterocycles. The van der Waals surface area contributed by atoms with Gasteiger partial charge in [0.1, 0.15) is 11.8 Å². The van der Waals surface area contributed by atoms with Crippen LogP contribution >= 0.6 is 12.2 Å². The fraction of sp³-hybridized carbons (Fsp3) is 0.176. The van der Waals surface area contributed by atoms with Crippen molar-refractivity contribution in [1.29, 1.82) is 0 Å². The fourth-order valence-corrected chi connectivity index (χ4v) is 3.39. The van der Waals surface area contributed by atoms with E-state index in [0.717, 1.165) is 23.0 Å². The largest absolute Gasteiger partial charge is 0.364 e. The zero-order valence-electron chi connectivity index (χ0n) is 12.1. The van der Waals surface area contributed by atoms with Crippen LogP contribution in [-0.2, 0) is 6.42 Å². The van der Waals surface area contributed by atoms with Crippen molar-refractivity contribution in [2.24, 2.45) is 0 Å². The SMILES string of the molecule is C[C@@H]1Cc2ccccc2N1C(=S)Nc1ccc2conc2c1. The predicted octanol–water partition coefficient (Wildman–Crippen LogP) is 3.98. The molecule has 22 heavy (non-hydrogen) atoms. The fourth-order valence-electron chi connectivity index (χ4n) is 3.00. The van der Waals surface area contributed by atoms with Gasteiger partial charge in [0.15, 0.2) is 5.11 Å². The van der Waals surface area contributed by atoms with E-state index in [9.17, 15) is 0 Å². The van der Waals surface area contributed by atoms with E-state index in [-0.39, 0.29) is 0 Å². The Kier molecular flexibility index (Phi) is 3.08. The number of rotatable bonds is 1. The first kappa shape index (κ1) is 13.3. The minimum absolute atomic E-state index is 0.355. The number of thiocarbonyl (C=S) groups is 1. The maximum atomic E-state index is 5.62. The molecule has 1 aliphatic rings. The monoisotopic (exact) mass is 309 g/mol. The van der Waals surface area contributed by atoms with E-state index >= 15 is 0 Å². The lowest BCUT2D eigenvalue weighted by atomic mass is 10.1. The number of para-hydroxylation sites is 1. The molecule has 0 radical (unpaired) electrons.